The van der Waals surface area contributed by atoms with Crippen LogP contribution in [0.25, 0.3) is 76.9 Å². The predicted octanol–water partition coefficient (Wildman–Crippen LogP) is 15.6. The fourth-order valence-electron chi connectivity index (χ4n) is 10.5. The zero-order valence-electron chi connectivity index (χ0n) is 35.9. The molecule has 1 aliphatic heterocycles. The second kappa shape index (κ2) is 16.4. The first-order valence-corrected chi connectivity index (χ1v) is 22.6. The Bertz CT molecular complexity index is 3770. The normalized spacial score (nSPS) is 11.6. The van der Waals surface area contributed by atoms with Gasteiger partial charge in [0.1, 0.15) is 17.1 Å². The van der Waals surface area contributed by atoms with Gasteiger partial charge in [0.25, 0.3) is 0 Å². The highest BCUT2D eigenvalue weighted by Crippen LogP contribution is 2.52. The largest absolute Gasteiger partial charge is 0.456 e. The van der Waals surface area contributed by atoms with Gasteiger partial charge in [-0.05, 0) is 74.8 Å². The third kappa shape index (κ3) is 6.60. The highest BCUT2D eigenvalue weighted by Gasteiger charge is 2.28. The van der Waals surface area contributed by atoms with Crippen molar-refractivity contribution < 1.29 is 9.15 Å². The minimum Gasteiger partial charge on any atom is -0.456 e. The molecule has 0 aliphatic carbocycles. The van der Waals surface area contributed by atoms with Crippen LogP contribution in [-0.4, -0.2) is 6.71 Å². The molecule has 12 aromatic rings. The van der Waals surface area contributed by atoms with Crippen LogP contribution in [0.1, 0.15) is 7.43 Å². The summed E-state index contributed by atoms with van der Waals surface area (Å²) in [6.45, 7) is 0.0897. The Labute approximate surface area is 390 Å². The van der Waals surface area contributed by atoms with Gasteiger partial charge >= 0.3 is 0 Å². The summed E-state index contributed by atoms with van der Waals surface area (Å²) in [7, 11) is 0. The topological polar surface area (TPSA) is 25.6 Å². The Morgan fingerprint density at radius 2 is 0.925 bits per heavy atom. The molecule has 2 heterocycles. The van der Waals surface area contributed by atoms with Crippen LogP contribution in [0.5, 0.6) is 11.5 Å². The summed E-state index contributed by atoms with van der Waals surface area (Å²) in [6, 6.07) is 86.9. The molecule has 0 atom stereocenters. The number of fused-ring (bicyclic) bond motifs is 6. The summed E-state index contributed by atoms with van der Waals surface area (Å²) in [5, 5.41) is 6.92. The Morgan fingerprint density at radius 3 is 1.75 bits per heavy atom. The molecule has 13 rings (SSSR count). The fraction of sp³-hybridized carbons (Fsp3) is 0.0159. The lowest BCUT2D eigenvalue weighted by Gasteiger charge is -2.29. The van der Waals surface area contributed by atoms with Gasteiger partial charge in [-0.3, -0.25) is 0 Å². The first kappa shape index (κ1) is 40.0. The van der Waals surface area contributed by atoms with Crippen LogP contribution in [0, 0.1) is 0 Å². The van der Waals surface area contributed by atoms with Gasteiger partial charge in [-0.2, -0.15) is 0 Å². The predicted molar refractivity (Wildman–Crippen MR) is 284 cm³/mol. The van der Waals surface area contributed by atoms with E-state index in [0.29, 0.717) is 0 Å². The van der Waals surface area contributed by atoms with E-state index < -0.39 is 0 Å². The average molecular weight is 858 g/mol. The lowest BCUT2D eigenvalue weighted by atomic mass is 9.36. The lowest BCUT2D eigenvalue weighted by molar-refractivity contribution is 0.487. The highest BCUT2D eigenvalue weighted by molar-refractivity contribution is 6.96. The van der Waals surface area contributed by atoms with Gasteiger partial charge in [0.2, 0.25) is 6.71 Å². The molecule has 316 valence electrons. The Kier molecular flexibility index (Phi) is 9.80. The van der Waals surface area contributed by atoms with Crippen LogP contribution in [0.3, 0.4) is 0 Å². The average Bonchev–Trinajstić information content (AvgIpc) is 3.77. The molecular formula is C63H44BNO2. The summed E-state index contributed by atoms with van der Waals surface area (Å²) in [5.41, 5.74) is 15.3. The molecule has 0 saturated carbocycles. The maximum Gasteiger partial charge on any atom is 0.241 e. The summed E-state index contributed by atoms with van der Waals surface area (Å²) in [5.74, 6) is 1.65. The Balaban J connectivity index is 0.00000468. The van der Waals surface area contributed by atoms with E-state index in [-0.39, 0.29) is 14.1 Å². The van der Waals surface area contributed by atoms with E-state index in [0.717, 1.165) is 83.5 Å². The molecule has 0 N–H and O–H groups in total. The maximum absolute atomic E-state index is 7.04. The van der Waals surface area contributed by atoms with Crippen LogP contribution in [0.15, 0.2) is 247 Å². The molecule has 0 saturated heterocycles. The number of ether oxygens (including phenoxy) is 1. The van der Waals surface area contributed by atoms with Gasteiger partial charge in [-0.1, -0.05) is 224 Å². The number of hydrogen-bond donors (Lipinski definition) is 0. The van der Waals surface area contributed by atoms with Crippen LogP contribution in [0.2, 0.25) is 0 Å². The van der Waals surface area contributed by atoms with Crippen molar-refractivity contribution in [3.63, 3.8) is 0 Å². The molecule has 11 aromatic carbocycles. The van der Waals surface area contributed by atoms with Crippen LogP contribution < -0.4 is 26.0 Å². The third-order valence-corrected chi connectivity index (χ3v) is 13.4. The van der Waals surface area contributed by atoms with Crippen LogP contribution >= 0.6 is 0 Å². The molecule has 3 nitrogen and oxygen atoms in total. The van der Waals surface area contributed by atoms with E-state index >= 15 is 0 Å². The molecule has 1 aliphatic rings. The number of furan rings is 1. The minimum atomic E-state index is 0. The van der Waals surface area contributed by atoms with Crippen molar-refractivity contribution in [3.05, 3.63) is 243 Å². The summed E-state index contributed by atoms with van der Waals surface area (Å²) in [6.07, 6.45) is 0. The summed E-state index contributed by atoms with van der Waals surface area (Å²) in [4.78, 5) is 2.32. The van der Waals surface area contributed by atoms with Gasteiger partial charge in [0, 0.05) is 33.4 Å². The molecule has 0 spiro atoms. The standard InChI is InChI=1S/C62H40BNO2.CH4/c1-4-18-41(19-5-1)45-24-10-12-32-56(45)64(57-33-16-30-54-50-25-11-13-34-58(50)66-62(54)57)44-36-37-51-53-39-38-48(52-29-17-35-59(61(52)53)65-60(51)40-44)46-26-14-28-49-47(46)27-15-31-55(49)63(42-20-6-2-7-21-42)43-22-8-3-9-23-43;/h1-40H;1H4. The number of para-hydroxylation sites is 3. The second-order valence-corrected chi connectivity index (χ2v) is 17.1. The zero-order valence-corrected chi connectivity index (χ0v) is 35.9. The first-order valence-electron chi connectivity index (χ1n) is 22.6. The van der Waals surface area contributed by atoms with E-state index in [1.165, 1.54) is 38.3 Å². The van der Waals surface area contributed by atoms with Crippen molar-refractivity contribution in [1.82, 2.24) is 0 Å². The molecule has 1 aromatic heterocycles. The number of rotatable bonds is 8. The van der Waals surface area contributed by atoms with Gasteiger partial charge < -0.3 is 14.1 Å². The van der Waals surface area contributed by atoms with Crippen LogP contribution in [0.4, 0.5) is 17.1 Å². The van der Waals surface area contributed by atoms with Crippen molar-refractivity contribution in [2.75, 3.05) is 4.90 Å². The molecule has 0 bridgehead atoms. The van der Waals surface area contributed by atoms with Crippen LogP contribution in [-0.2, 0) is 0 Å². The zero-order chi connectivity index (χ0) is 43.6. The number of hydrogen-bond acceptors (Lipinski definition) is 3. The number of anilines is 3. The SMILES string of the molecule is C.c1ccc(B(c2ccccc2)c2cccc3c(-c4ccc5c6c(cccc46)Oc4cc(N(c6ccccc6-c6ccccc6)c6cccc7c6oc6ccccc67)ccc4-5)cccc23)cc1. The van der Waals surface area contributed by atoms with Crippen molar-refractivity contribution in [3.8, 4) is 44.9 Å². The van der Waals surface area contributed by atoms with Gasteiger partial charge in [0.15, 0.2) is 5.58 Å². The molecule has 0 radical (unpaired) electrons. The first-order chi connectivity index (χ1) is 32.8. The second-order valence-electron chi connectivity index (χ2n) is 17.1. The number of nitrogens with zero attached hydrogens (tertiary/aromatic N) is 1. The third-order valence-electron chi connectivity index (χ3n) is 13.4. The van der Waals surface area contributed by atoms with E-state index in [1.807, 2.05) is 12.1 Å². The maximum atomic E-state index is 7.04. The quantitative estimate of drug-likeness (QED) is 0.142. The van der Waals surface area contributed by atoms with Gasteiger partial charge in [0.05, 0.1) is 17.1 Å². The van der Waals surface area contributed by atoms with Crippen molar-refractivity contribution in [2.45, 2.75) is 7.43 Å². The van der Waals surface area contributed by atoms with E-state index in [2.05, 4.69) is 235 Å². The fourth-order valence-corrected chi connectivity index (χ4v) is 10.5. The molecule has 4 heteroatoms. The van der Waals surface area contributed by atoms with E-state index in [9.17, 15) is 0 Å². The Morgan fingerprint density at radius 1 is 0.358 bits per heavy atom. The molecule has 0 fully saturated rings. The molecule has 0 unspecified atom stereocenters. The smallest absolute Gasteiger partial charge is 0.241 e. The van der Waals surface area contributed by atoms with Crippen molar-refractivity contribution in [1.29, 1.82) is 0 Å². The summed E-state index contributed by atoms with van der Waals surface area (Å²) >= 11 is 0. The number of benzene rings is 11. The minimum absolute atomic E-state index is 0. The van der Waals surface area contributed by atoms with Gasteiger partial charge in [-0.15, -0.1) is 0 Å². The molecule has 67 heavy (non-hydrogen) atoms. The van der Waals surface area contributed by atoms with E-state index in [1.54, 1.807) is 0 Å². The monoisotopic (exact) mass is 857 g/mol. The molecule has 0 amide bonds. The van der Waals surface area contributed by atoms with Gasteiger partial charge in [-0.25, -0.2) is 0 Å². The highest BCUT2D eigenvalue weighted by atomic mass is 16.5. The lowest BCUT2D eigenvalue weighted by Crippen LogP contribution is -2.52. The molecular weight excluding hydrogens is 814 g/mol. The van der Waals surface area contributed by atoms with E-state index in [4.69, 9.17) is 9.15 Å². The van der Waals surface area contributed by atoms with Crippen molar-refractivity contribution >= 4 is 83.6 Å². The van der Waals surface area contributed by atoms with Crippen molar-refractivity contribution in [2.24, 2.45) is 0 Å². The summed E-state index contributed by atoms with van der Waals surface area (Å²) < 4.78 is 13.8. The Hall–Kier alpha value is -8.60.